The Kier molecular flexibility index (Phi) is 6.37. The minimum absolute atomic E-state index is 0.724. The van der Waals surface area contributed by atoms with Crippen molar-refractivity contribution in [1.29, 1.82) is 0 Å². The van der Waals surface area contributed by atoms with Crippen LogP contribution >= 0.6 is 0 Å². The molecule has 0 unspecified atom stereocenters. The molecule has 6 aromatic rings. The molecule has 0 aliphatic heterocycles. The lowest BCUT2D eigenvalue weighted by Gasteiger charge is -2.12. The van der Waals surface area contributed by atoms with Crippen LogP contribution in [-0.2, 0) is 0 Å². The Morgan fingerprint density at radius 1 is 0.395 bits per heavy atom. The van der Waals surface area contributed by atoms with Crippen molar-refractivity contribution >= 4 is 0 Å². The van der Waals surface area contributed by atoms with Crippen LogP contribution in [0.2, 0.25) is 0 Å². The van der Waals surface area contributed by atoms with Gasteiger partial charge in [-0.1, -0.05) is 127 Å². The molecule has 0 atom stereocenters. The summed E-state index contributed by atoms with van der Waals surface area (Å²) in [7, 11) is 0. The maximum atomic E-state index is 4.97. The van der Waals surface area contributed by atoms with Gasteiger partial charge in [0, 0.05) is 16.7 Å². The summed E-state index contributed by atoms with van der Waals surface area (Å²) in [5.41, 5.74) is 12.4. The minimum atomic E-state index is 0.724. The topological polar surface area (TPSA) is 25.8 Å². The Morgan fingerprint density at radius 2 is 0.895 bits per heavy atom. The molecule has 0 fully saturated rings. The molecule has 0 N–H and O–H groups in total. The fourth-order valence-corrected chi connectivity index (χ4v) is 4.75. The lowest BCUT2D eigenvalue weighted by molar-refractivity contribution is 1.18. The molecule has 2 heteroatoms. The van der Waals surface area contributed by atoms with Crippen molar-refractivity contribution in [3.8, 4) is 56.2 Å². The van der Waals surface area contributed by atoms with Crippen LogP contribution in [0.4, 0.5) is 0 Å². The molecule has 1 heterocycles. The van der Waals surface area contributed by atoms with Gasteiger partial charge >= 0.3 is 0 Å². The Bertz CT molecular complexity index is 1630. The first-order valence-corrected chi connectivity index (χ1v) is 12.9. The van der Waals surface area contributed by atoms with Crippen LogP contribution in [0.3, 0.4) is 0 Å². The maximum absolute atomic E-state index is 4.97. The third kappa shape index (κ3) is 4.89. The third-order valence-electron chi connectivity index (χ3n) is 6.94. The monoisotopic (exact) mass is 488 g/mol. The number of benzene rings is 5. The summed E-state index contributed by atoms with van der Waals surface area (Å²) in [5.74, 6) is 0.724. The van der Waals surface area contributed by atoms with E-state index < -0.39 is 0 Å². The van der Waals surface area contributed by atoms with Crippen LogP contribution in [-0.4, -0.2) is 9.97 Å². The number of rotatable bonds is 5. The predicted octanol–water partition coefficient (Wildman–Crippen LogP) is 9.43. The molecule has 0 saturated heterocycles. The minimum Gasteiger partial charge on any atom is -0.228 e. The smallest absolute Gasteiger partial charge is 0.160 e. The van der Waals surface area contributed by atoms with Crippen molar-refractivity contribution < 1.29 is 0 Å². The fraction of sp³-hybridized carbons (Fsp3) is 0.0556. The van der Waals surface area contributed by atoms with Gasteiger partial charge in [-0.15, -0.1) is 0 Å². The molecule has 6 rings (SSSR count). The molecular weight excluding hydrogens is 460 g/mol. The standard InChI is InChI=1S/C36H28N2/c1-25-13-16-27(17-14-25)32-18-15-26(2)33(23-32)28-19-21-31(22-20-28)36-37-34(29-9-5-3-6-10-29)24-35(38-36)30-11-7-4-8-12-30/h3-24H,1-2H3. The molecule has 1 aromatic heterocycles. The molecule has 38 heavy (non-hydrogen) atoms. The largest absolute Gasteiger partial charge is 0.228 e. The highest BCUT2D eigenvalue weighted by molar-refractivity contribution is 5.77. The number of nitrogens with zero attached hydrogens (tertiary/aromatic N) is 2. The number of hydrogen-bond donors (Lipinski definition) is 0. The van der Waals surface area contributed by atoms with Crippen molar-refractivity contribution in [2.45, 2.75) is 13.8 Å². The quantitative estimate of drug-likeness (QED) is 0.241. The lowest BCUT2D eigenvalue weighted by Crippen LogP contribution is -1.96. The SMILES string of the molecule is Cc1ccc(-c2ccc(C)c(-c3ccc(-c4nc(-c5ccccc5)cc(-c5ccccc5)n4)cc3)c2)cc1. The summed E-state index contributed by atoms with van der Waals surface area (Å²) < 4.78 is 0. The number of hydrogen-bond acceptors (Lipinski definition) is 2. The third-order valence-corrected chi connectivity index (χ3v) is 6.94. The van der Waals surface area contributed by atoms with E-state index in [4.69, 9.17) is 9.97 Å². The summed E-state index contributed by atoms with van der Waals surface area (Å²) >= 11 is 0. The van der Waals surface area contributed by atoms with Gasteiger partial charge in [0.15, 0.2) is 5.82 Å². The van der Waals surface area contributed by atoms with Crippen molar-refractivity contribution in [2.75, 3.05) is 0 Å². The van der Waals surface area contributed by atoms with Gasteiger partial charge in [-0.3, -0.25) is 0 Å². The maximum Gasteiger partial charge on any atom is 0.160 e. The molecule has 0 saturated carbocycles. The van der Waals surface area contributed by atoms with Gasteiger partial charge in [0.25, 0.3) is 0 Å². The summed E-state index contributed by atoms with van der Waals surface area (Å²) in [4.78, 5) is 9.94. The second-order valence-corrected chi connectivity index (χ2v) is 9.67. The zero-order valence-corrected chi connectivity index (χ0v) is 21.6. The molecule has 5 aromatic carbocycles. The van der Waals surface area contributed by atoms with Gasteiger partial charge in [-0.2, -0.15) is 0 Å². The average molecular weight is 489 g/mol. The van der Waals surface area contributed by atoms with E-state index in [9.17, 15) is 0 Å². The zero-order chi connectivity index (χ0) is 25.9. The Balaban J connectivity index is 1.39. The van der Waals surface area contributed by atoms with Gasteiger partial charge in [0.2, 0.25) is 0 Å². The van der Waals surface area contributed by atoms with Gasteiger partial charge in [-0.25, -0.2) is 9.97 Å². The van der Waals surface area contributed by atoms with Gasteiger partial charge in [0.05, 0.1) is 11.4 Å². The zero-order valence-electron chi connectivity index (χ0n) is 21.6. The van der Waals surface area contributed by atoms with Crippen LogP contribution in [0.1, 0.15) is 11.1 Å². The van der Waals surface area contributed by atoms with Crippen molar-refractivity contribution in [3.63, 3.8) is 0 Å². The van der Waals surface area contributed by atoms with E-state index >= 15 is 0 Å². The molecule has 0 bridgehead atoms. The highest BCUT2D eigenvalue weighted by atomic mass is 14.9. The lowest BCUT2D eigenvalue weighted by atomic mass is 9.94. The van der Waals surface area contributed by atoms with Gasteiger partial charge < -0.3 is 0 Å². The second-order valence-electron chi connectivity index (χ2n) is 9.67. The van der Waals surface area contributed by atoms with Gasteiger partial charge in [-0.05, 0) is 53.8 Å². The van der Waals surface area contributed by atoms with E-state index in [1.807, 2.05) is 36.4 Å². The van der Waals surface area contributed by atoms with Crippen LogP contribution in [0.5, 0.6) is 0 Å². The van der Waals surface area contributed by atoms with Crippen LogP contribution in [0, 0.1) is 13.8 Å². The van der Waals surface area contributed by atoms with Crippen LogP contribution in [0.15, 0.2) is 133 Å². The highest BCUT2D eigenvalue weighted by Gasteiger charge is 2.12. The average Bonchev–Trinajstić information content (AvgIpc) is 2.99. The molecule has 0 radical (unpaired) electrons. The first kappa shape index (κ1) is 23.6. The molecule has 182 valence electrons. The van der Waals surface area contributed by atoms with Crippen molar-refractivity contribution in [2.24, 2.45) is 0 Å². The Morgan fingerprint density at radius 3 is 1.47 bits per heavy atom. The van der Waals surface area contributed by atoms with E-state index in [1.165, 1.54) is 33.4 Å². The first-order chi connectivity index (χ1) is 18.6. The van der Waals surface area contributed by atoms with Gasteiger partial charge in [0.1, 0.15) is 0 Å². The highest BCUT2D eigenvalue weighted by Crippen LogP contribution is 2.32. The van der Waals surface area contributed by atoms with E-state index in [0.29, 0.717) is 0 Å². The molecule has 0 spiro atoms. The predicted molar refractivity (Wildman–Crippen MR) is 159 cm³/mol. The first-order valence-electron chi connectivity index (χ1n) is 12.9. The van der Waals surface area contributed by atoms with Crippen molar-refractivity contribution in [1.82, 2.24) is 9.97 Å². The second kappa shape index (κ2) is 10.3. The van der Waals surface area contributed by atoms with Crippen LogP contribution in [0.25, 0.3) is 56.2 Å². The molecule has 0 aliphatic rings. The summed E-state index contributed by atoms with van der Waals surface area (Å²) in [6, 6.07) is 46.7. The number of aromatic nitrogens is 2. The fourth-order valence-electron chi connectivity index (χ4n) is 4.75. The van der Waals surface area contributed by atoms with Crippen molar-refractivity contribution in [3.05, 3.63) is 145 Å². The number of aryl methyl sites for hydroxylation is 2. The molecule has 0 aliphatic carbocycles. The van der Waals surface area contributed by atoms with E-state index in [2.05, 4.69) is 111 Å². The van der Waals surface area contributed by atoms with E-state index in [1.54, 1.807) is 0 Å². The molecular formula is C36H28N2. The summed E-state index contributed by atoms with van der Waals surface area (Å²) in [5, 5.41) is 0. The summed E-state index contributed by atoms with van der Waals surface area (Å²) in [6.07, 6.45) is 0. The Hall–Kier alpha value is -4.82. The molecule has 0 amide bonds. The van der Waals surface area contributed by atoms with Crippen LogP contribution < -0.4 is 0 Å². The van der Waals surface area contributed by atoms with E-state index in [-0.39, 0.29) is 0 Å². The Labute approximate surface area is 224 Å². The van der Waals surface area contributed by atoms with E-state index in [0.717, 1.165) is 33.9 Å². The normalized spacial score (nSPS) is 10.9. The molecule has 2 nitrogen and oxygen atoms in total. The summed E-state index contributed by atoms with van der Waals surface area (Å²) in [6.45, 7) is 4.29.